The third-order valence-electron chi connectivity index (χ3n) is 4.09. The smallest absolute Gasteiger partial charge is 0.224 e. The largest absolute Gasteiger partial charge is 0.490 e. The third kappa shape index (κ3) is 4.31. The van der Waals surface area contributed by atoms with Crippen molar-refractivity contribution in [3.05, 3.63) is 18.2 Å². The van der Waals surface area contributed by atoms with Gasteiger partial charge in [-0.15, -0.1) is 0 Å². The van der Waals surface area contributed by atoms with E-state index in [9.17, 15) is 4.79 Å². The third-order valence-corrected chi connectivity index (χ3v) is 4.09. The molecule has 0 aliphatic carbocycles. The van der Waals surface area contributed by atoms with Crippen LogP contribution in [0.15, 0.2) is 23.2 Å². The zero-order valence-corrected chi connectivity index (χ0v) is 13.8. The van der Waals surface area contributed by atoms with Gasteiger partial charge in [0.1, 0.15) is 0 Å². The number of nitrogens with two attached hydrogens (primary N) is 1. The van der Waals surface area contributed by atoms with Crippen molar-refractivity contribution in [2.75, 3.05) is 38.2 Å². The summed E-state index contributed by atoms with van der Waals surface area (Å²) < 4.78 is 11.2. The quantitative estimate of drug-likeness (QED) is 0.645. The van der Waals surface area contributed by atoms with Crippen molar-refractivity contribution >= 4 is 17.6 Å². The Labute approximate surface area is 141 Å². The number of amides is 1. The summed E-state index contributed by atoms with van der Waals surface area (Å²) in [6.07, 6.45) is 3.46. The molecule has 1 amide bonds. The molecule has 0 unspecified atom stereocenters. The Morgan fingerprint density at radius 3 is 2.71 bits per heavy atom. The van der Waals surface area contributed by atoms with E-state index < -0.39 is 0 Å². The maximum atomic E-state index is 11.9. The molecule has 1 aromatic carbocycles. The lowest BCUT2D eigenvalue weighted by molar-refractivity contribution is -0.129. The van der Waals surface area contributed by atoms with Crippen molar-refractivity contribution in [1.82, 2.24) is 4.90 Å². The van der Waals surface area contributed by atoms with Crippen molar-refractivity contribution in [2.24, 2.45) is 10.7 Å². The van der Waals surface area contributed by atoms with E-state index >= 15 is 0 Å². The zero-order chi connectivity index (χ0) is 16.8. The number of nitrogens with zero attached hydrogens (tertiary/aromatic N) is 2. The zero-order valence-electron chi connectivity index (χ0n) is 13.8. The minimum Gasteiger partial charge on any atom is -0.490 e. The second-order valence-electron chi connectivity index (χ2n) is 5.94. The lowest BCUT2D eigenvalue weighted by Gasteiger charge is -2.14. The molecular formula is C17H24N4O3. The number of anilines is 1. The molecule has 1 saturated heterocycles. The van der Waals surface area contributed by atoms with E-state index in [1.165, 1.54) is 0 Å². The van der Waals surface area contributed by atoms with Crippen LogP contribution in [0.2, 0.25) is 0 Å². The highest BCUT2D eigenvalue weighted by Crippen LogP contribution is 2.32. The number of hydrogen-bond donors (Lipinski definition) is 2. The highest BCUT2D eigenvalue weighted by atomic mass is 16.5. The van der Waals surface area contributed by atoms with Gasteiger partial charge in [0, 0.05) is 37.7 Å². The number of fused-ring (bicyclic) bond motifs is 1. The van der Waals surface area contributed by atoms with Crippen LogP contribution >= 0.6 is 0 Å². The number of carbonyl (C=O) groups is 1. The standard InChI is InChI=1S/C17H24N4O3/c18-17(19-7-6-16(22)21-8-1-2-9-21)20-13-4-5-14-15(12-13)24-11-3-10-23-14/h4-5,12H,1-3,6-11H2,(H3,18,19,20). The molecule has 0 aromatic heterocycles. The van der Waals surface area contributed by atoms with Gasteiger partial charge in [-0.1, -0.05) is 0 Å². The van der Waals surface area contributed by atoms with Crippen LogP contribution in [0.3, 0.4) is 0 Å². The van der Waals surface area contributed by atoms with Gasteiger partial charge in [-0.3, -0.25) is 9.79 Å². The van der Waals surface area contributed by atoms with Gasteiger partial charge in [0.25, 0.3) is 0 Å². The first-order chi connectivity index (χ1) is 11.7. The average Bonchev–Trinajstić information content (AvgIpc) is 3.01. The Balaban J connectivity index is 1.51. The molecule has 7 nitrogen and oxygen atoms in total. The summed E-state index contributed by atoms with van der Waals surface area (Å²) in [5.74, 6) is 1.89. The normalized spacial score (nSPS) is 17.5. The van der Waals surface area contributed by atoms with Crippen LogP contribution in [-0.2, 0) is 4.79 Å². The minimum atomic E-state index is 0.152. The predicted octanol–water partition coefficient (Wildman–Crippen LogP) is 1.59. The molecule has 2 heterocycles. The fraction of sp³-hybridized carbons (Fsp3) is 0.529. The lowest BCUT2D eigenvalue weighted by Crippen LogP contribution is -2.28. The summed E-state index contributed by atoms with van der Waals surface area (Å²) in [7, 11) is 0. The maximum absolute atomic E-state index is 11.9. The molecule has 24 heavy (non-hydrogen) atoms. The highest BCUT2D eigenvalue weighted by Gasteiger charge is 2.17. The van der Waals surface area contributed by atoms with E-state index in [-0.39, 0.29) is 5.91 Å². The Bertz CT molecular complexity index is 612. The molecule has 0 spiro atoms. The molecule has 7 heteroatoms. The number of carbonyl (C=O) groups excluding carboxylic acids is 1. The minimum absolute atomic E-state index is 0.152. The number of ether oxygens (including phenoxy) is 2. The Morgan fingerprint density at radius 1 is 1.17 bits per heavy atom. The molecule has 0 radical (unpaired) electrons. The van der Waals surface area contributed by atoms with E-state index in [0.717, 1.165) is 43.8 Å². The monoisotopic (exact) mass is 332 g/mol. The van der Waals surface area contributed by atoms with E-state index in [1.54, 1.807) is 0 Å². The van der Waals surface area contributed by atoms with Crippen molar-refractivity contribution in [3.63, 3.8) is 0 Å². The number of hydrogen-bond acceptors (Lipinski definition) is 4. The highest BCUT2D eigenvalue weighted by molar-refractivity contribution is 5.92. The first-order valence-corrected chi connectivity index (χ1v) is 8.47. The topological polar surface area (TPSA) is 89.2 Å². The van der Waals surface area contributed by atoms with Crippen LogP contribution < -0.4 is 20.5 Å². The number of nitrogens with one attached hydrogen (secondary N) is 1. The molecule has 2 aliphatic heterocycles. The van der Waals surface area contributed by atoms with E-state index in [0.29, 0.717) is 37.9 Å². The predicted molar refractivity (Wildman–Crippen MR) is 92.6 cm³/mol. The van der Waals surface area contributed by atoms with E-state index in [4.69, 9.17) is 15.2 Å². The van der Waals surface area contributed by atoms with Crippen LogP contribution in [-0.4, -0.2) is 49.6 Å². The summed E-state index contributed by atoms with van der Waals surface area (Å²) >= 11 is 0. The first kappa shape index (κ1) is 16.4. The Morgan fingerprint density at radius 2 is 1.92 bits per heavy atom. The first-order valence-electron chi connectivity index (χ1n) is 8.47. The summed E-state index contributed by atoms with van der Waals surface area (Å²) in [4.78, 5) is 18.1. The fourth-order valence-electron chi connectivity index (χ4n) is 2.83. The van der Waals surface area contributed by atoms with Gasteiger partial charge in [-0.2, -0.15) is 0 Å². The molecule has 0 saturated carbocycles. The van der Waals surface area contributed by atoms with Crippen LogP contribution in [0.4, 0.5) is 5.69 Å². The van der Waals surface area contributed by atoms with Gasteiger partial charge in [-0.25, -0.2) is 0 Å². The molecule has 1 aromatic rings. The molecule has 0 atom stereocenters. The van der Waals surface area contributed by atoms with Gasteiger partial charge in [0.2, 0.25) is 5.91 Å². The molecule has 0 bridgehead atoms. The van der Waals surface area contributed by atoms with Crippen molar-refractivity contribution < 1.29 is 14.3 Å². The summed E-state index contributed by atoms with van der Waals surface area (Å²) in [5.41, 5.74) is 6.68. The van der Waals surface area contributed by atoms with Gasteiger partial charge >= 0.3 is 0 Å². The molecule has 1 fully saturated rings. The van der Waals surface area contributed by atoms with Crippen LogP contribution in [0.25, 0.3) is 0 Å². The Hall–Kier alpha value is -2.44. The molecule has 130 valence electrons. The summed E-state index contributed by atoms with van der Waals surface area (Å²) in [6, 6.07) is 5.57. The number of guanidine groups is 1. The Kier molecular flexibility index (Phi) is 5.40. The van der Waals surface area contributed by atoms with E-state index in [2.05, 4.69) is 10.3 Å². The SMILES string of the molecule is NC(=NCCC(=O)N1CCCC1)Nc1ccc2c(c1)OCCCO2. The maximum Gasteiger partial charge on any atom is 0.224 e. The second kappa shape index (κ2) is 7.90. The molecule has 3 N–H and O–H groups in total. The van der Waals surface area contributed by atoms with Gasteiger partial charge in [0.05, 0.1) is 19.8 Å². The van der Waals surface area contributed by atoms with Crippen LogP contribution in [0.5, 0.6) is 11.5 Å². The van der Waals surface area contributed by atoms with Crippen molar-refractivity contribution in [3.8, 4) is 11.5 Å². The number of rotatable bonds is 4. The fourth-order valence-corrected chi connectivity index (χ4v) is 2.83. The van der Waals surface area contributed by atoms with Crippen LogP contribution in [0.1, 0.15) is 25.7 Å². The number of likely N-dealkylation sites (tertiary alicyclic amines) is 1. The van der Waals surface area contributed by atoms with Crippen molar-refractivity contribution in [1.29, 1.82) is 0 Å². The van der Waals surface area contributed by atoms with E-state index in [1.807, 2.05) is 23.1 Å². The average molecular weight is 332 g/mol. The lowest BCUT2D eigenvalue weighted by atomic mass is 10.3. The van der Waals surface area contributed by atoms with Gasteiger partial charge in [-0.05, 0) is 25.0 Å². The molecular weight excluding hydrogens is 308 g/mol. The molecule has 2 aliphatic rings. The van der Waals surface area contributed by atoms with Gasteiger partial charge < -0.3 is 25.4 Å². The van der Waals surface area contributed by atoms with Crippen LogP contribution in [0, 0.1) is 0 Å². The summed E-state index contributed by atoms with van der Waals surface area (Å²) in [6.45, 7) is 3.42. The number of benzene rings is 1. The second-order valence-corrected chi connectivity index (χ2v) is 5.94. The summed E-state index contributed by atoms with van der Waals surface area (Å²) in [5, 5.41) is 3.02. The molecule has 3 rings (SSSR count). The number of aliphatic imine (C=N–C) groups is 1. The van der Waals surface area contributed by atoms with Crippen molar-refractivity contribution in [2.45, 2.75) is 25.7 Å². The van der Waals surface area contributed by atoms with Gasteiger partial charge in [0.15, 0.2) is 17.5 Å².